The second-order valence-electron chi connectivity index (χ2n) is 6.90. The van der Waals surface area contributed by atoms with Crippen molar-refractivity contribution in [1.82, 2.24) is 4.31 Å². The number of halogens is 2. The fourth-order valence-electron chi connectivity index (χ4n) is 3.14. The molecule has 172 valence electrons. The minimum atomic E-state index is -3.60. The molecule has 2 aromatic carbocycles. The number of fused-ring (bicyclic) bond motifs is 1. The Morgan fingerprint density at radius 3 is 2.41 bits per heavy atom. The normalized spacial score (nSPS) is 16.3. The van der Waals surface area contributed by atoms with Crippen molar-refractivity contribution in [2.45, 2.75) is 19.0 Å². The molecule has 7 nitrogen and oxygen atoms in total. The van der Waals surface area contributed by atoms with Gasteiger partial charge in [0.15, 0.2) is 0 Å². The average Bonchev–Trinajstić information content (AvgIpc) is 2.93. The van der Waals surface area contributed by atoms with Gasteiger partial charge in [0.25, 0.3) is 0 Å². The van der Waals surface area contributed by atoms with E-state index in [4.69, 9.17) is 27.5 Å². The molecule has 0 unspecified atom stereocenters. The fraction of sp³-hybridized carbons (Fsp3) is 0.286. The molecule has 1 heterocycles. The van der Waals surface area contributed by atoms with Crippen LogP contribution in [0.5, 0.6) is 0 Å². The first-order valence-electron chi connectivity index (χ1n) is 9.53. The van der Waals surface area contributed by atoms with Crippen molar-refractivity contribution in [2.24, 2.45) is 0 Å². The van der Waals surface area contributed by atoms with Crippen molar-refractivity contribution in [3.63, 3.8) is 0 Å². The number of anilines is 1. The zero-order chi connectivity index (χ0) is 23.8. The van der Waals surface area contributed by atoms with Crippen LogP contribution in [-0.2, 0) is 32.0 Å². The summed E-state index contributed by atoms with van der Waals surface area (Å²) < 4.78 is 46.5. The van der Waals surface area contributed by atoms with Crippen LogP contribution < -0.4 is 5.32 Å². The van der Waals surface area contributed by atoms with Crippen LogP contribution in [0.3, 0.4) is 0 Å². The molecular weight excluding hydrogens is 493 g/mol. The number of nitrogens with zero attached hydrogens (tertiary/aromatic N) is 2. The standard InChI is InChI=1S/C19H19N3O2S.C2H4Cl2O2S/c1-2-25(23,24)22-14-17-10-16(12-20)8-9-19(17)21-13-18(22)11-15-6-4-3-5-7-15;3-1-2-7(4,5)6/h2-10,18,21H,1,11,13-14H2;1-2H2/t18-;/m1./s1. The highest BCUT2D eigenvalue weighted by atomic mass is 35.7. The molecule has 0 spiro atoms. The molecule has 0 saturated heterocycles. The summed E-state index contributed by atoms with van der Waals surface area (Å²) in [6.45, 7) is 4.17. The van der Waals surface area contributed by atoms with E-state index in [1.54, 1.807) is 12.1 Å². The van der Waals surface area contributed by atoms with Crippen molar-refractivity contribution in [1.29, 1.82) is 5.26 Å². The van der Waals surface area contributed by atoms with E-state index in [9.17, 15) is 16.8 Å². The Morgan fingerprint density at radius 1 is 1.19 bits per heavy atom. The lowest BCUT2D eigenvalue weighted by Crippen LogP contribution is -2.42. The third-order valence-electron chi connectivity index (χ3n) is 4.67. The van der Waals surface area contributed by atoms with E-state index in [1.165, 1.54) is 4.31 Å². The number of alkyl halides is 1. The van der Waals surface area contributed by atoms with E-state index in [-0.39, 0.29) is 24.2 Å². The smallest absolute Gasteiger partial charge is 0.236 e. The first-order chi connectivity index (χ1) is 15.1. The highest BCUT2D eigenvalue weighted by Crippen LogP contribution is 2.27. The van der Waals surface area contributed by atoms with Gasteiger partial charge in [-0.15, -0.1) is 11.6 Å². The molecule has 1 N–H and O–H groups in total. The van der Waals surface area contributed by atoms with Gasteiger partial charge in [-0.25, -0.2) is 16.8 Å². The van der Waals surface area contributed by atoms with Gasteiger partial charge in [-0.2, -0.15) is 9.57 Å². The molecule has 0 radical (unpaired) electrons. The lowest BCUT2D eigenvalue weighted by molar-refractivity contribution is 0.330. The van der Waals surface area contributed by atoms with Gasteiger partial charge in [0.2, 0.25) is 19.1 Å². The van der Waals surface area contributed by atoms with E-state index in [0.29, 0.717) is 18.5 Å². The Labute approximate surface area is 198 Å². The summed E-state index contributed by atoms with van der Waals surface area (Å²) >= 11 is 5.02. The molecule has 1 atom stereocenters. The molecule has 0 amide bonds. The summed E-state index contributed by atoms with van der Waals surface area (Å²) in [7, 11) is -2.21. The second kappa shape index (κ2) is 11.7. The third-order valence-corrected chi connectivity index (χ3v) is 7.74. The Balaban J connectivity index is 0.000000451. The summed E-state index contributed by atoms with van der Waals surface area (Å²) in [4.78, 5) is 0. The molecule has 11 heteroatoms. The zero-order valence-corrected chi connectivity index (χ0v) is 20.3. The number of nitriles is 1. The summed E-state index contributed by atoms with van der Waals surface area (Å²) in [5.41, 5.74) is 3.24. The summed E-state index contributed by atoms with van der Waals surface area (Å²) in [5, 5.41) is 13.4. The highest BCUT2D eigenvalue weighted by molar-refractivity contribution is 8.13. The lowest BCUT2D eigenvalue weighted by Gasteiger charge is -2.27. The van der Waals surface area contributed by atoms with Crippen LogP contribution in [0.25, 0.3) is 0 Å². The maximum absolute atomic E-state index is 12.6. The number of hydrogen-bond acceptors (Lipinski definition) is 6. The molecule has 32 heavy (non-hydrogen) atoms. The maximum atomic E-state index is 12.6. The van der Waals surface area contributed by atoms with Crippen LogP contribution in [0.1, 0.15) is 16.7 Å². The molecule has 0 saturated carbocycles. The molecule has 3 rings (SSSR count). The molecule has 0 fully saturated rings. The summed E-state index contributed by atoms with van der Waals surface area (Å²) in [6, 6.07) is 17.0. The van der Waals surface area contributed by atoms with Gasteiger partial charge in [0, 0.05) is 46.8 Å². The van der Waals surface area contributed by atoms with Crippen molar-refractivity contribution >= 4 is 47.0 Å². The minimum absolute atomic E-state index is 0.0613. The Morgan fingerprint density at radius 2 is 1.88 bits per heavy atom. The molecule has 0 aromatic heterocycles. The van der Waals surface area contributed by atoms with Gasteiger partial charge in [-0.05, 0) is 35.7 Å². The van der Waals surface area contributed by atoms with Gasteiger partial charge in [-0.3, -0.25) is 0 Å². The quantitative estimate of drug-likeness (QED) is 0.464. The first kappa shape index (κ1) is 26.2. The molecule has 1 aliphatic rings. The second-order valence-corrected chi connectivity index (χ2v) is 12.0. The molecule has 0 bridgehead atoms. The third kappa shape index (κ3) is 7.80. The molecular formula is C21H23Cl2N3O4S2. The van der Waals surface area contributed by atoms with E-state index >= 15 is 0 Å². The number of hydrogen-bond donors (Lipinski definition) is 1. The van der Waals surface area contributed by atoms with Crippen LogP contribution in [0.2, 0.25) is 0 Å². The molecule has 0 aliphatic carbocycles. The Hall–Kier alpha value is -2.09. The van der Waals surface area contributed by atoms with E-state index in [1.807, 2.05) is 36.4 Å². The predicted molar refractivity (Wildman–Crippen MR) is 129 cm³/mol. The highest BCUT2D eigenvalue weighted by Gasteiger charge is 2.31. The fourth-order valence-corrected chi connectivity index (χ4v) is 5.48. The van der Waals surface area contributed by atoms with Gasteiger partial charge in [0.1, 0.15) is 0 Å². The van der Waals surface area contributed by atoms with Crippen molar-refractivity contribution in [3.05, 3.63) is 77.2 Å². The Kier molecular flexibility index (Phi) is 9.55. The predicted octanol–water partition coefficient (Wildman–Crippen LogP) is 3.66. The number of sulfonamides is 1. The van der Waals surface area contributed by atoms with Crippen molar-refractivity contribution in [2.75, 3.05) is 23.5 Å². The van der Waals surface area contributed by atoms with E-state index in [2.05, 4.69) is 18.0 Å². The zero-order valence-electron chi connectivity index (χ0n) is 17.1. The van der Waals surface area contributed by atoms with E-state index < -0.39 is 19.1 Å². The first-order valence-corrected chi connectivity index (χ1v) is 14.0. The number of rotatable bonds is 6. The molecule has 2 aromatic rings. The van der Waals surface area contributed by atoms with Crippen LogP contribution in [0, 0.1) is 11.3 Å². The SMILES string of the molecule is C=CS(=O)(=O)N1Cc2cc(C#N)ccc2NC[C@H]1Cc1ccccc1.O=S(=O)(Cl)CCCl. The summed E-state index contributed by atoms with van der Waals surface area (Å²) in [5.74, 6) is -0.0953. The van der Waals surface area contributed by atoms with E-state index in [0.717, 1.165) is 22.2 Å². The van der Waals surface area contributed by atoms with Crippen LogP contribution in [-0.4, -0.2) is 45.4 Å². The van der Waals surface area contributed by atoms with Crippen molar-refractivity contribution < 1.29 is 16.8 Å². The van der Waals surface area contributed by atoms with Gasteiger partial charge < -0.3 is 5.32 Å². The van der Waals surface area contributed by atoms with Gasteiger partial charge >= 0.3 is 0 Å². The molecule has 1 aliphatic heterocycles. The van der Waals surface area contributed by atoms with Crippen molar-refractivity contribution in [3.8, 4) is 6.07 Å². The monoisotopic (exact) mass is 515 g/mol. The Bertz CT molecular complexity index is 1180. The largest absolute Gasteiger partial charge is 0.383 e. The number of benzene rings is 2. The van der Waals surface area contributed by atoms with Crippen LogP contribution in [0.4, 0.5) is 5.69 Å². The minimum Gasteiger partial charge on any atom is -0.383 e. The summed E-state index contributed by atoms with van der Waals surface area (Å²) in [6.07, 6.45) is 0.597. The average molecular weight is 516 g/mol. The van der Waals surface area contributed by atoms with Gasteiger partial charge in [-0.1, -0.05) is 36.9 Å². The number of nitrogens with one attached hydrogen (secondary N) is 1. The van der Waals surface area contributed by atoms with Gasteiger partial charge in [0.05, 0.1) is 17.4 Å². The maximum Gasteiger partial charge on any atom is 0.236 e. The topological polar surface area (TPSA) is 107 Å². The van der Waals surface area contributed by atoms with Crippen LogP contribution in [0.15, 0.2) is 60.5 Å². The lowest BCUT2D eigenvalue weighted by atomic mass is 10.1. The van der Waals surface area contributed by atoms with Crippen LogP contribution >= 0.6 is 22.3 Å².